The van der Waals surface area contributed by atoms with E-state index in [9.17, 15) is 9.59 Å². The van der Waals surface area contributed by atoms with E-state index in [-0.39, 0.29) is 18.5 Å². The van der Waals surface area contributed by atoms with Crippen molar-refractivity contribution < 1.29 is 19.1 Å². The highest BCUT2D eigenvalue weighted by molar-refractivity contribution is 5.90. The number of esters is 2. The maximum Gasteiger partial charge on any atom is 0.338 e. The van der Waals surface area contributed by atoms with Gasteiger partial charge in [0.1, 0.15) is 12.2 Å². The fourth-order valence-corrected chi connectivity index (χ4v) is 1.88. The molecule has 0 bridgehead atoms. The second-order valence-electron chi connectivity index (χ2n) is 6.14. The highest BCUT2D eigenvalue weighted by Gasteiger charge is 2.17. The van der Waals surface area contributed by atoms with E-state index in [1.807, 2.05) is 26.8 Å². The van der Waals surface area contributed by atoms with Crippen molar-refractivity contribution in [2.45, 2.75) is 33.0 Å². The summed E-state index contributed by atoms with van der Waals surface area (Å²) in [7, 11) is 0. The zero-order valence-electron chi connectivity index (χ0n) is 13.5. The molecule has 0 aliphatic heterocycles. The van der Waals surface area contributed by atoms with Crippen LogP contribution in [0.15, 0.2) is 54.6 Å². The quantitative estimate of drug-likeness (QED) is 0.801. The summed E-state index contributed by atoms with van der Waals surface area (Å²) in [4.78, 5) is 23.8. The predicted octanol–water partition coefficient (Wildman–Crippen LogP) is 4.00. The van der Waals surface area contributed by atoms with Gasteiger partial charge in [0.15, 0.2) is 0 Å². The van der Waals surface area contributed by atoms with Crippen molar-refractivity contribution in [2.75, 3.05) is 0 Å². The number of benzene rings is 2. The third-order valence-electron chi connectivity index (χ3n) is 2.97. The third kappa shape index (κ3) is 5.25. The van der Waals surface area contributed by atoms with Gasteiger partial charge in [-0.1, -0.05) is 30.3 Å². The molecule has 0 atom stereocenters. The number of carbonyl (C=O) groups excluding carboxylic acids is 2. The van der Waals surface area contributed by atoms with Gasteiger partial charge in [-0.15, -0.1) is 0 Å². The van der Waals surface area contributed by atoms with E-state index in [0.717, 1.165) is 5.56 Å². The molecule has 0 radical (unpaired) electrons. The average Bonchev–Trinajstić information content (AvgIpc) is 2.52. The standard InChI is InChI=1S/C19H20O4/c1-19(2,3)23-18(21)16-11-9-14(10-12-16)13-22-17(20)15-7-5-4-6-8-15/h4-12H,13H2,1-3H3. The van der Waals surface area contributed by atoms with Crippen LogP contribution >= 0.6 is 0 Å². The van der Waals surface area contributed by atoms with E-state index in [0.29, 0.717) is 11.1 Å². The number of carbonyl (C=O) groups is 2. The van der Waals surface area contributed by atoms with Crippen molar-refractivity contribution >= 4 is 11.9 Å². The Hall–Kier alpha value is -2.62. The first-order chi connectivity index (χ1) is 10.8. The Morgan fingerprint density at radius 1 is 0.826 bits per heavy atom. The zero-order chi connectivity index (χ0) is 16.9. The van der Waals surface area contributed by atoms with E-state index < -0.39 is 5.60 Å². The molecule has 0 aliphatic carbocycles. The van der Waals surface area contributed by atoms with E-state index in [1.165, 1.54) is 0 Å². The topological polar surface area (TPSA) is 52.6 Å². The predicted molar refractivity (Wildman–Crippen MR) is 87.2 cm³/mol. The lowest BCUT2D eigenvalue weighted by molar-refractivity contribution is 0.00690. The van der Waals surface area contributed by atoms with Crippen LogP contribution in [0.5, 0.6) is 0 Å². The summed E-state index contributed by atoms with van der Waals surface area (Å²) < 4.78 is 10.5. The minimum Gasteiger partial charge on any atom is -0.457 e. The largest absolute Gasteiger partial charge is 0.457 e. The van der Waals surface area contributed by atoms with Gasteiger partial charge in [0.25, 0.3) is 0 Å². The van der Waals surface area contributed by atoms with Gasteiger partial charge in [0.2, 0.25) is 0 Å². The van der Waals surface area contributed by atoms with Crippen LogP contribution in [-0.2, 0) is 16.1 Å². The molecule has 2 rings (SSSR count). The van der Waals surface area contributed by atoms with E-state index >= 15 is 0 Å². The lowest BCUT2D eigenvalue weighted by Crippen LogP contribution is -2.23. The molecule has 4 nitrogen and oxygen atoms in total. The molecule has 0 saturated heterocycles. The second-order valence-corrected chi connectivity index (χ2v) is 6.14. The summed E-state index contributed by atoms with van der Waals surface area (Å²) in [5.41, 5.74) is 1.26. The molecule has 23 heavy (non-hydrogen) atoms. The van der Waals surface area contributed by atoms with Gasteiger partial charge >= 0.3 is 11.9 Å². The number of hydrogen-bond donors (Lipinski definition) is 0. The number of rotatable bonds is 4. The lowest BCUT2D eigenvalue weighted by atomic mass is 10.1. The third-order valence-corrected chi connectivity index (χ3v) is 2.97. The molecule has 2 aromatic rings. The molecule has 0 amide bonds. The second kappa shape index (κ2) is 7.09. The SMILES string of the molecule is CC(C)(C)OC(=O)c1ccc(COC(=O)c2ccccc2)cc1. The molecular formula is C19H20O4. The van der Waals surface area contributed by atoms with Crippen LogP contribution < -0.4 is 0 Å². The van der Waals surface area contributed by atoms with Gasteiger partial charge in [-0.25, -0.2) is 9.59 Å². The van der Waals surface area contributed by atoms with Gasteiger partial charge in [-0.2, -0.15) is 0 Å². The smallest absolute Gasteiger partial charge is 0.338 e. The summed E-state index contributed by atoms with van der Waals surface area (Å²) in [6.45, 7) is 5.62. The first-order valence-electron chi connectivity index (χ1n) is 7.39. The summed E-state index contributed by atoms with van der Waals surface area (Å²) >= 11 is 0. The summed E-state index contributed by atoms with van der Waals surface area (Å²) in [6, 6.07) is 15.6. The minimum absolute atomic E-state index is 0.155. The Morgan fingerprint density at radius 2 is 1.39 bits per heavy atom. The Labute approximate surface area is 136 Å². The van der Waals surface area contributed by atoms with Gasteiger partial charge < -0.3 is 9.47 Å². The summed E-state index contributed by atoms with van der Waals surface area (Å²) in [5.74, 6) is -0.743. The van der Waals surface area contributed by atoms with Crippen molar-refractivity contribution in [3.63, 3.8) is 0 Å². The Morgan fingerprint density at radius 3 is 1.96 bits per heavy atom. The monoisotopic (exact) mass is 312 g/mol. The maximum atomic E-state index is 11.9. The molecule has 0 saturated carbocycles. The van der Waals surface area contributed by atoms with Crippen molar-refractivity contribution in [1.29, 1.82) is 0 Å². The van der Waals surface area contributed by atoms with Crippen LogP contribution in [0.4, 0.5) is 0 Å². The molecule has 4 heteroatoms. The molecule has 0 fully saturated rings. The molecule has 2 aromatic carbocycles. The lowest BCUT2D eigenvalue weighted by Gasteiger charge is -2.19. The molecule has 120 valence electrons. The van der Waals surface area contributed by atoms with Gasteiger partial charge in [-0.05, 0) is 50.6 Å². The van der Waals surface area contributed by atoms with Crippen LogP contribution in [0, 0.1) is 0 Å². The van der Waals surface area contributed by atoms with Crippen LogP contribution in [0.1, 0.15) is 47.1 Å². The molecule has 0 spiro atoms. The fraction of sp³-hybridized carbons (Fsp3) is 0.263. The van der Waals surface area contributed by atoms with Crippen molar-refractivity contribution in [2.24, 2.45) is 0 Å². The van der Waals surface area contributed by atoms with Crippen LogP contribution in [0.3, 0.4) is 0 Å². The first-order valence-corrected chi connectivity index (χ1v) is 7.39. The summed E-state index contributed by atoms with van der Waals surface area (Å²) in [6.07, 6.45) is 0. The molecule has 0 N–H and O–H groups in total. The van der Waals surface area contributed by atoms with Crippen molar-refractivity contribution in [1.82, 2.24) is 0 Å². The van der Waals surface area contributed by atoms with Gasteiger partial charge in [-0.3, -0.25) is 0 Å². The molecule has 0 unspecified atom stereocenters. The van der Waals surface area contributed by atoms with Crippen molar-refractivity contribution in [3.8, 4) is 0 Å². The highest BCUT2D eigenvalue weighted by Crippen LogP contribution is 2.13. The fourth-order valence-electron chi connectivity index (χ4n) is 1.88. The molecule has 0 aliphatic rings. The Kier molecular flexibility index (Phi) is 5.16. The van der Waals surface area contributed by atoms with Crippen LogP contribution in [-0.4, -0.2) is 17.5 Å². The molecule has 0 aromatic heterocycles. The average molecular weight is 312 g/mol. The molecule has 0 heterocycles. The summed E-state index contributed by atoms with van der Waals surface area (Å²) in [5, 5.41) is 0. The van der Waals surface area contributed by atoms with Crippen LogP contribution in [0.2, 0.25) is 0 Å². The Bertz CT molecular complexity index is 667. The zero-order valence-corrected chi connectivity index (χ0v) is 13.5. The molecular weight excluding hydrogens is 292 g/mol. The van der Waals surface area contributed by atoms with E-state index in [1.54, 1.807) is 48.5 Å². The van der Waals surface area contributed by atoms with E-state index in [4.69, 9.17) is 9.47 Å². The first kappa shape index (κ1) is 16.7. The van der Waals surface area contributed by atoms with Gasteiger partial charge in [0.05, 0.1) is 11.1 Å². The van der Waals surface area contributed by atoms with Crippen LogP contribution in [0.25, 0.3) is 0 Å². The Balaban J connectivity index is 1.93. The normalized spacial score (nSPS) is 10.9. The minimum atomic E-state index is -0.527. The maximum absolute atomic E-state index is 11.9. The van der Waals surface area contributed by atoms with Gasteiger partial charge in [0, 0.05) is 0 Å². The van der Waals surface area contributed by atoms with E-state index in [2.05, 4.69) is 0 Å². The van der Waals surface area contributed by atoms with Crippen molar-refractivity contribution in [3.05, 3.63) is 71.3 Å². The highest BCUT2D eigenvalue weighted by atomic mass is 16.6. The number of ether oxygens (including phenoxy) is 2. The number of hydrogen-bond acceptors (Lipinski definition) is 4.